The van der Waals surface area contributed by atoms with Crippen molar-refractivity contribution in [3.8, 4) is 0 Å². The molecule has 1 aliphatic heterocycles. The van der Waals surface area contributed by atoms with Crippen LogP contribution in [0.15, 0.2) is 24.3 Å². The van der Waals surface area contributed by atoms with Crippen LogP contribution in [0.3, 0.4) is 0 Å². The minimum absolute atomic E-state index is 0.0515. The number of piperidine rings is 1. The number of ketones is 1. The van der Waals surface area contributed by atoms with Crippen LogP contribution in [0.1, 0.15) is 30.1 Å². The second kappa shape index (κ2) is 4.64. The quantitative estimate of drug-likeness (QED) is 0.716. The number of carbonyl (C=O) groups excluding carboxylic acids is 1. The predicted molar refractivity (Wildman–Crippen MR) is 62.8 cm³/mol. The highest BCUT2D eigenvalue weighted by Crippen LogP contribution is 2.22. The Labute approximate surface area is 95.1 Å². The summed E-state index contributed by atoms with van der Waals surface area (Å²) in [6.07, 6.45) is 0.795. The topological polar surface area (TPSA) is 20.3 Å². The molecule has 1 heterocycles. The maximum absolute atomic E-state index is 13.3. The molecule has 1 aromatic rings. The number of anilines is 1. The molecular weight excluding hydrogens is 205 g/mol. The van der Waals surface area contributed by atoms with Gasteiger partial charge < -0.3 is 4.90 Å². The van der Waals surface area contributed by atoms with E-state index in [2.05, 4.69) is 0 Å². The van der Waals surface area contributed by atoms with Gasteiger partial charge in [0.2, 0.25) is 0 Å². The van der Waals surface area contributed by atoms with Crippen molar-refractivity contribution in [1.29, 1.82) is 0 Å². The van der Waals surface area contributed by atoms with E-state index in [1.165, 1.54) is 0 Å². The van der Waals surface area contributed by atoms with E-state index in [9.17, 15) is 9.18 Å². The van der Waals surface area contributed by atoms with Gasteiger partial charge in [0.1, 0.15) is 6.17 Å². The molecular formula is C13H16FNO. The molecule has 0 aromatic heterocycles. The Hall–Kier alpha value is -1.38. The van der Waals surface area contributed by atoms with Crippen LogP contribution in [0.2, 0.25) is 0 Å². The van der Waals surface area contributed by atoms with E-state index < -0.39 is 6.17 Å². The van der Waals surface area contributed by atoms with E-state index in [1.54, 1.807) is 13.0 Å². The second-order valence-electron chi connectivity index (χ2n) is 4.29. The van der Waals surface area contributed by atoms with Crippen LogP contribution in [0.4, 0.5) is 10.1 Å². The Kier molecular flexibility index (Phi) is 3.22. The first-order valence-electron chi connectivity index (χ1n) is 5.67. The van der Waals surface area contributed by atoms with Gasteiger partial charge in [-0.3, -0.25) is 4.79 Å². The molecule has 0 spiro atoms. The van der Waals surface area contributed by atoms with Gasteiger partial charge in [0.15, 0.2) is 5.78 Å². The van der Waals surface area contributed by atoms with Crippen LogP contribution in [0.5, 0.6) is 0 Å². The maximum atomic E-state index is 13.3. The van der Waals surface area contributed by atoms with E-state index in [4.69, 9.17) is 0 Å². The number of carbonyl (C=O) groups is 1. The normalized spacial score (nSPS) is 20.9. The molecule has 0 saturated carbocycles. The third-order valence-corrected chi connectivity index (χ3v) is 2.98. The molecule has 0 N–H and O–H groups in total. The fourth-order valence-electron chi connectivity index (χ4n) is 2.08. The number of hydrogen-bond donors (Lipinski definition) is 0. The predicted octanol–water partition coefficient (Wildman–Crippen LogP) is 2.83. The number of Topliss-reactive ketones (excluding diaryl/α,β-unsaturated/α-hetero) is 1. The molecule has 0 radical (unpaired) electrons. The first-order chi connectivity index (χ1) is 7.66. The summed E-state index contributed by atoms with van der Waals surface area (Å²) in [5.41, 5.74) is 1.65. The summed E-state index contributed by atoms with van der Waals surface area (Å²) >= 11 is 0. The van der Waals surface area contributed by atoms with E-state index in [0.717, 1.165) is 18.7 Å². The zero-order chi connectivity index (χ0) is 11.5. The number of nitrogens with zero attached hydrogens (tertiary/aromatic N) is 1. The van der Waals surface area contributed by atoms with E-state index in [0.29, 0.717) is 18.5 Å². The summed E-state index contributed by atoms with van der Waals surface area (Å²) < 4.78 is 13.3. The molecule has 1 atom stereocenters. The fourth-order valence-corrected chi connectivity index (χ4v) is 2.08. The van der Waals surface area contributed by atoms with Crippen molar-refractivity contribution >= 4 is 11.5 Å². The Morgan fingerprint density at radius 2 is 2.31 bits per heavy atom. The van der Waals surface area contributed by atoms with Gasteiger partial charge in [-0.15, -0.1) is 0 Å². The third-order valence-electron chi connectivity index (χ3n) is 2.98. The molecule has 2 nitrogen and oxygen atoms in total. The summed E-state index contributed by atoms with van der Waals surface area (Å²) in [7, 11) is 0. The number of halogens is 1. The van der Waals surface area contributed by atoms with Gasteiger partial charge in [0.05, 0.1) is 0 Å². The van der Waals surface area contributed by atoms with Gasteiger partial charge in [-0.25, -0.2) is 4.39 Å². The smallest absolute Gasteiger partial charge is 0.159 e. The zero-order valence-electron chi connectivity index (χ0n) is 9.45. The summed E-state index contributed by atoms with van der Waals surface area (Å²) in [6, 6.07) is 7.43. The van der Waals surface area contributed by atoms with Crippen molar-refractivity contribution in [3.63, 3.8) is 0 Å². The molecule has 3 heteroatoms. The lowest BCUT2D eigenvalue weighted by Crippen LogP contribution is -2.36. The van der Waals surface area contributed by atoms with Crippen molar-refractivity contribution in [2.75, 3.05) is 18.0 Å². The van der Waals surface area contributed by atoms with Crippen molar-refractivity contribution in [2.24, 2.45) is 0 Å². The molecule has 2 rings (SSSR count). The lowest BCUT2D eigenvalue weighted by Gasteiger charge is -2.31. The number of benzene rings is 1. The molecule has 86 valence electrons. The van der Waals surface area contributed by atoms with Gasteiger partial charge >= 0.3 is 0 Å². The number of rotatable bonds is 2. The molecule has 1 fully saturated rings. The molecule has 0 aliphatic carbocycles. The molecule has 16 heavy (non-hydrogen) atoms. The average Bonchev–Trinajstić information content (AvgIpc) is 2.29. The number of hydrogen-bond acceptors (Lipinski definition) is 2. The molecule has 1 aliphatic rings. The lowest BCUT2D eigenvalue weighted by atomic mass is 10.1. The molecule has 1 aromatic carbocycles. The first kappa shape index (κ1) is 11.1. The maximum Gasteiger partial charge on any atom is 0.159 e. The Morgan fingerprint density at radius 3 is 3.00 bits per heavy atom. The summed E-state index contributed by atoms with van der Waals surface area (Å²) in [4.78, 5) is 13.3. The average molecular weight is 221 g/mol. The lowest BCUT2D eigenvalue weighted by molar-refractivity contribution is 0.101. The van der Waals surface area contributed by atoms with Crippen molar-refractivity contribution in [1.82, 2.24) is 0 Å². The minimum atomic E-state index is -0.741. The molecule has 0 amide bonds. The number of alkyl halides is 1. The van der Waals surface area contributed by atoms with Crippen LogP contribution in [-0.4, -0.2) is 25.0 Å². The van der Waals surface area contributed by atoms with Gasteiger partial charge in [0.25, 0.3) is 0 Å². The van der Waals surface area contributed by atoms with Crippen LogP contribution in [0.25, 0.3) is 0 Å². The third kappa shape index (κ3) is 2.40. The summed E-state index contributed by atoms with van der Waals surface area (Å²) in [6.45, 7) is 2.87. The molecule has 1 unspecified atom stereocenters. The van der Waals surface area contributed by atoms with Gasteiger partial charge in [-0.05, 0) is 31.9 Å². The van der Waals surface area contributed by atoms with E-state index in [1.807, 2.05) is 23.1 Å². The summed E-state index contributed by atoms with van der Waals surface area (Å²) in [5, 5.41) is 0. The zero-order valence-corrected chi connectivity index (χ0v) is 9.45. The molecule has 0 bridgehead atoms. The van der Waals surface area contributed by atoms with Crippen LogP contribution in [-0.2, 0) is 0 Å². The van der Waals surface area contributed by atoms with E-state index >= 15 is 0 Å². The highest BCUT2D eigenvalue weighted by Gasteiger charge is 2.19. The van der Waals surface area contributed by atoms with Crippen molar-refractivity contribution < 1.29 is 9.18 Å². The largest absolute Gasteiger partial charge is 0.369 e. The van der Waals surface area contributed by atoms with Crippen molar-refractivity contribution in [3.05, 3.63) is 29.8 Å². The van der Waals surface area contributed by atoms with Gasteiger partial charge in [0, 0.05) is 24.3 Å². The highest BCUT2D eigenvalue weighted by molar-refractivity contribution is 5.94. The molecule has 1 saturated heterocycles. The first-order valence-corrected chi connectivity index (χ1v) is 5.67. The van der Waals surface area contributed by atoms with Crippen LogP contribution >= 0.6 is 0 Å². The van der Waals surface area contributed by atoms with Crippen molar-refractivity contribution in [2.45, 2.75) is 25.9 Å². The van der Waals surface area contributed by atoms with Crippen LogP contribution in [0, 0.1) is 0 Å². The Balaban J connectivity index is 2.19. The van der Waals surface area contributed by atoms with Gasteiger partial charge in [-0.1, -0.05) is 12.1 Å². The Bertz CT molecular complexity index is 391. The Morgan fingerprint density at radius 1 is 1.50 bits per heavy atom. The monoisotopic (exact) mass is 221 g/mol. The van der Waals surface area contributed by atoms with Gasteiger partial charge in [-0.2, -0.15) is 0 Å². The fraction of sp³-hybridized carbons (Fsp3) is 0.462. The standard InChI is InChI=1S/C13H16FNO/c1-10(16)11-4-2-6-13(8-11)15-7-3-5-12(14)9-15/h2,4,6,8,12H,3,5,7,9H2,1H3. The SMILES string of the molecule is CC(=O)c1cccc(N2CCCC(F)C2)c1. The highest BCUT2D eigenvalue weighted by atomic mass is 19.1. The van der Waals surface area contributed by atoms with Crippen LogP contribution < -0.4 is 4.90 Å². The summed E-state index contributed by atoms with van der Waals surface area (Å²) in [5.74, 6) is 0.0515. The van der Waals surface area contributed by atoms with E-state index in [-0.39, 0.29) is 5.78 Å². The second-order valence-corrected chi connectivity index (χ2v) is 4.29. The minimum Gasteiger partial charge on any atom is -0.369 e.